The number of carbonyl (C=O) groups excluding carboxylic acids is 3. The Bertz CT molecular complexity index is 1330. The van der Waals surface area contributed by atoms with Crippen molar-refractivity contribution in [2.24, 2.45) is 11.8 Å². The predicted molar refractivity (Wildman–Crippen MR) is 146 cm³/mol. The molecular formula is C30H32ClN3O5. The van der Waals surface area contributed by atoms with Crippen molar-refractivity contribution in [3.8, 4) is 5.75 Å². The zero-order valence-corrected chi connectivity index (χ0v) is 22.5. The first-order valence-electron chi connectivity index (χ1n) is 13.6. The second-order valence-corrected chi connectivity index (χ2v) is 11.2. The Morgan fingerprint density at radius 1 is 1.10 bits per heavy atom. The van der Waals surface area contributed by atoms with Gasteiger partial charge in [-0.15, -0.1) is 0 Å². The minimum absolute atomic E-state index is 0.0636. The van der Waals surface area contributed by atoms with E-state index in [0.717, 1.165) is 37.7 Å². The molecule has 9 heteroatoms. The lowest BCUT2D eigenvalue weighted by Gasteiger charge is -2.34. The Balaban J connectivity index is 1.33. The van der Waals surface area contributed by atoms with E-state index < -0.39 is 29.6 Å². The van der Waals surface area contributed by atoms with Crippen LogP contribution in [0.25, 0.3) is 0 Å². The van der Waals surface area contributed by atoms with Crippen molar-refractivity contribution < 1.29 is 23.9 Å². The lowest BCUT2D eigenvalue weighted by molar-refractivity contribution is -0.142. The molecule has 0 radical (unpaired) electrons. The fourth-order valence-electron chi connectivity index (χ4n) is 6.70. The van der Waals surface area contributed by atoms with Gasteiger partial charge in [0.1, 0.15) is 17.4 Å². The lowest BCUT2D eigenvalue weighted by Crippen LogP contribution is -2.56. The molecule has 5 atom stereocenters. The highest BCUT2D eigenvalue weighted by molar-refractivity contribution is 6.31. The maximum atomic E-state index is 14.2. The van der Waals surface area contributed by atoms with Gasteiger partial charge < -0.3 is 25.0 Å². The molecular weight excluding hydrogens is 518 g/mol. The number of amides is 3. The molecule has 2 aromatic carbocycles. The Hall–Kier alpha value is -3.36. The van der Waals surface area contributed by atoms with E-state index in [1.807, 2.05) is 30.4 Å². The number of nitrogens with zero attached hydrogens (tertiary/aromatic N) is 1. The molecule has 8 nitrogen and oxygen atoms in total. The van der Waals surface area contributed by atoms with Crippen LogP contribution in [0, 0.1) is 11.8 Å². The normalized spacial score (nSPS) is 29.4. The summed E-state index contributed by atoms with van der Waals surface area (Å²) < 4.78 is 11.7. The van der Waals surface area contributed by atoms with Crippen molar-refractivity contribution in [3.05, 3.63) is 71.3 Å². The molecule has 39 heavy (non-hydrogen) atoms. The SMILES string of the molecule is COc1cccc(NC(=O)C2[C@H]3C=CC4(O3)C(C(=O)NC3CCCCC3)N(Cc3ccccc3Cl)C(=O)[C@@H]24)c1. The molecule has 3 fully saturated rings. The van der Waals surface area contributed by atoms with Gasteiger partial charge in [0.25, 0.3) is 0 Å². The quantitative estimate of drug-likeness (QED) is 0.507. The first-order chi connectivity index (χ1) is 18.9. The predicted octanol–water partition coefficient (Wildman–Crippen LogP) is 4.09. The topological polar surface area (TPSA) is 97.0 Å². The van der Waals surface area contributed by atoms with Crippen LogP contribution in [0.3, 0.4) is 0 Å². The maximum absolute atomic E-state index is 14.2. The number of anilines is 1. The summed E-state index contributed by atoms with van der Waals surface area (Å²) in [6, 6.07) is 13.5. The fourth-order valence-corrected chi connectivity index (χ4v) is 6.90. The van der Waals surface area contributed by atoms with E-state index in [2.05, 4.69) is 10.6 Å². The molecule has 204 valence electrons. The fraction of sp³-hybridized carbons (Fsp3) is 0.433. The zero-order valence-electron chi connectivity index (χ0n) is 21.8. The molecule has 1 saturated carbocycles. The van der Waals surface area contributed by atoms with Gasteiger partial charge in [-0.25, -0.2) is 0 Å². The summed E-state index contributed by atoms with van der Waals surface area (Å²) in [6.07, 6.45) is 8.17. The molecule has 2 bridgehead atoms. The summed E-state index contributed by atoms with van der Waals surface area (Å²) in [5.74, 6) is -1.86. The number of carbonyl (C=O) groups is 3. The first-order valence-corrected chi connectivity index (χ1v) is 14.0. The number of hydrogen-bond acceptors (Lipinski definition) is 5. The van der Waals surface area contributed by atoms with Crippen molar-refractivity contribution in [2.45, 2.75) is 62.4 Å². The number of nitrogens with one attached hydrogen (secondary N) is 2. The monoisotopic (exact) mass is 549 g/mol. The molecule has 3 unspecified atom stereocenters. The van der Waals surface area contributed by atoms with Crippen molar-refractivity contribution in [3.63, 3.8) is 0 Å². The van der Waals surface area contributed by atoms with Gasteiger partial charge in [-0.2, -0.15) is 0 Å². The summed E-state index contributed by atoms with van der Waals surface area (Å²) in [6.45, 7) is 0.144. The molecule has 4 aliphatic rings. The second kappa shape index (κ2) is 10.3. The number of fused-ring (bicyclic) bond motifs is 1. The van der Waals surface area contributed by atoms with E-state index >= 15 is 0 Å². The van der Waals surface area contributed by atoms with Crippen LogP contribution in [0.1, 0.15) is 37.7 Å². The third-order valence-corrected chi connectivity index (χ3v) is 8.88. The van der Waals surface area contributed by atoms with Crippen LogP contribution in [0.5, 0.6) is 5.75 Å². The van der Waals surface area contributed by atoms with Gasteiger partial charge in [-0.1, -0.05) is 67.3 Å². The van der Waals surface area contributed by atoms with Crippen molar-refractivity contribution in [2.75, 3.05) is 12.4 Å². The van der Waals surface area contributed by atoms with E-state index in [4.69, 9.17) is 21.1 Å². The minimum Gasteiger partial charge on any atom is -0.497 e. The van der Waals surface area contributed by atoms with Crippen molar-refractivity contribution >= 4 is 35.0 Å². The minimum atomic E-state index is -1.22. The number of methoxy groups -OCH3 is 1. The smallest absolute Gasteiger partial charge is 0.246 e. The number of likely N-dealkylation sites (tertiary alicyclic amines) is 1. The van der Waals surface area contributed by atoms with Gasteiger partial charge in [0, 0.05) is 29.4 Å². The molecule has 3 amide bonds. The molecule has 2 aromatic rings. The highest BCUT2D eigenvalue weighted by atomic mass is 35.5. The molecule has 1 aliphatic carbocycles. The average Bonchev–Trinajstić information content (AvgIpc) is 3.58. The van der Waals surface area contributed by atoms with Crippen molar-refractivity contribution in [1.29, 1.82) is 0 Å². The summed E-state index contributed by atoms with van der Waals surface area (Å²) in [7, 11) is 1.56. The number of benzene rings is 2. The summed E-state index contributed by atoms with van der Waals surface area (Å²) >= 11 is 6.47. The Kier molecular flexibility index (Phi) is 6.85. The molecule has 3 aliphatic heterocycles. The first kappa shape index (κ1) is 25.9. The lowest BCUT2D eigenvalue weighted by atomic mass is 9.74. The highest BCUT2D eigenvalue weighted by Crippen LogP contribution is 2.55. The Labute approximate surface area is 232 Å². The van der Waals surface area contributed by atoms with Gasteiger partial charge in [0.2, 0.25) is 17.7 Å². The second-order valence-electron chi connectivity index (χ2n) is 10.8. The summed E-state index contributed by atoms with van der Waals surface area (Å²) in [4.78, 5) is 43.3. The maximum Gasteiger partial charge on any atom is 0.246 e. The van der Waals surface area contributed by atoms with Gasteiger partial charge in [0.15, 0.2) is 0 Å². The standard InChI is InChI=1S/C30H32ClN3O5/c1-38-21-12-7-11-20(16-21)33-27(35)24-23-14-15-30(39-23)25(24)29(37)34(17-18-8-5-6-13-22(18)31)26(30)28(36)32-19-9-3-2-4-10-19/h5-8,11-16,19,23-26H,2-4,9-10,17H2,1H3,(H,32,36)(H,33,35)/t23-,24?,25-,26?,30?/m1/s1. The van der Waals surface area contributed by atoms with E-state index in [1.54, 1.807) is 42.3 Å². The van der Waals surface area contributed by atoms with Crippen LogP contribution < -0.4 is 15.4 Å². The van der Waals surface area contributed by atoms with E-state index in [9.17, 15) is 14.4 Å². The Morgan fingerprint density at radius 2 is 1.90 bits per heavy atom. The number of halogens is 1. The summed E-state index contributed by atoms with van der Waals surface area (Å²) in [5.41, 5.74) is 0.0680. The van der Waals surface area contributed by atoms with Gasteiger partial charge in [-0.3, -0.25) is 14.4 Å². The molecule has 0 aromatic heterocycles. The van der Waals surface area contributed by atoms with Crippen LogP contribution in [-0.4, -0.2) is 53.5 Å². The van der Waals surface area contributed by atoms with Crippen LogP contribution in [0.15, 0.2) is 60.7 Å². The van der Waals surface area contributed by atoms with Crippen LogP contribution in [0.2, 0.25) is 5.02 Å². The van der Waals surface area contributed by atoms with E-state index in [0.29, 0.717) is 16.5 Å². The molecule has 1 spiro atoms. The van der Waals surface area contributed by atoms with Crippen LogP contribution >= 0.6 is 11.6 Å². The largest absolute Gasteiger partial charge is 0.497 e. The average molecular weight is 550 g/mol. The van der Waals surface area contributed by atoms with E-state index in [-0.39, 0.29) is 30.3 Å². The van der Waals surface area contributed by atoms with E-state index in [1.165, 1.54) is 0 Å². The van der Waals surface area contributed by atoms with Crippen LogP contribution in [0.4, 0.5) is 5.69 Å². The van der Waals surface area contributed by atoms with Gasteiger partial charge in [-0.05, 0) is 36.6 Å². The Morgan fingerprint density at radius 3 is 2.67 bits per heavy atom. The number of ether oxygens (including phenoxy) is 2. The van der Waals surface area contributed by atoms with Gasteiger partial charge >= 0.3 is 0 Å². The molecule has 2 N–H and O–H groups in total. The van der Waals surface area contributed by atoms with Gasteiger partial charge in [0.05, 0.1) is 25.0 Å². The summed E-state index contributed by atoms with van der Waals surface area (Å²) in [5, 5.41) is 6.65. The third kappa shape index (κ3) is 4.49. The zero-order chi connectivity index (χ0) is 27.1. The van der Waals surface area contributed by atoms with Crippen LogP contribution in [-0.2, 0) is 25.7 Å². The number of hydrogen-bond donors (Lipinski definition) is 2. The molecule has 2 saturated heterocycles. The van der Waals surface area contributed by atoms with Crippen molar-refractivity contribution in [1.82, 2.24) is 10.2 Å². The third-order valence-electron chi connectivity index (χ3n) is 8.51. The molecule has 3 heterocycles. The number of rotatable bonds is 7. The highest BCUT2D eigenvalue weighted by Gasteiger charge is 2.72. The molecule has 6 rings (SSSR count).